The van der Waals surface area contributed by atoms with E-state index < -0.39 is 10.0 Å². The first-order chi connectivity index (χ1) is 13.3. The highest BCUT2D eigenvalue weighted by atomic mass is 32.2. The summed E-state index contributed by atoms with van der Waals surface area (Å²) in [5.41, 5.74) is 2.41. The van der Waals surface area contributed by atoms with E-state index in [0.29, 0.717) is 42.7 Å². The monoisotopic (exact) mass is 404 g/mol. The van der Waals surface area contributed by atoms with Crippen molar-refractivity contribution in [2.45, 2.75) is 43.4 Å². The van der Waals surface area contributed by atoms with Gasteiger partial charge in [0, 0.05) is 40.0 Å². The average Bonchev–Trinajstić information content (AvgIpc) is 3.26. The molecule has 0 bridgehead atoms. The molecule has 0 saturated carbocycles. The number of benzene rings is 1. The number of carbonyl (C=O) groups is 1. The highest BCUT2D eigenvalue weighted by molar-refractivity contribution is 7.89. The molecule has 0 radical (unpaired) electrons. The normalized spacial score (nSPS) is 17.4. The van der Waals surface area contributed by atoms with Crippen LogP contribution in [0.2, 0.25) is 0 Å². The van der Waals surface area contributed by atoms with Gasteiger partial charge in [-0.15, -0.1) is 0 Å². The zero-order valence-corrected chi connectivity index (χ0v) is 16.9. The Hall–Kier alpha value is -2.26. The van der Waals surface area contributed by atoms with E-state index in [4.69, 9.17) is 4.52 Å². The van der Waals surface area contributed by atoms with Crippen molar-refractivity contribution >= 4 is 15.9 Å². The Morgan fingerprint density at radius 2 is 2.04 bits per heavy atom. The lowest BCUT2D eigenvalue weighted by atomic mass is 10.0. The van der Waals surface area contributed by atoms with Crippen LogP contribution in [0.15, 0.2) is 27.6 Å². The molecule has 1 saturated heterocycles. The molecule has 2 aromatic rings. The minimum atomic E-state index is -3.49. The van der Waals surface area contributed by atoms with Crippen LogP contribution in [0, 0.1) is 0 Å². The van der Waals surface area contributed by atoms with Crippen molar-refractivity contribution in [3.05, 3.63) is 41.0 Å². The van der Waals surface area contributed by atoms with Gasteiger partial charge in [-0.2, -0.15) is 9.29 Å². The molecule has 150 valence electrons. The van der Waals surface area contributed by atoms with Crippen LogP contribution in [0.1, 0.15) is 42.1 Å². The Labute approximate surface area is 164 Å². The zero-order chi connectivity index (χ0) is 19.9. The third-order valence-electron chi connectivity index (χ3n) is 5.60. The molecule has 0 unspecified atom stereocenters. The van der Waals surface area contributed by atoms with E-state index in [2.05, 4.69) is 10.1 Å². The fourth-order valence-corrected chi connectivity index (χ4v) is 5.19. The SMILES string of the molecule is CC(=O)N(C)CCc1noc(C2CN(S(=O)(=O)c3ccc4c(c3)CCC4)C2)n1. The predicted octanol–water partition coefficient (Wildman–Crippen LogP) is 1.37. The Kier molecular flexibility index (Phi) is 4.96. The van der Waals surface area contributed by atoms with E-state index in [0.717, 1.165) is 24.8 Å². The molecule has 2 heterocycles. The number of amides is 1. The van der Waals surface area contributed by atoms with Gasteiger partial charge in [0.05, 0.1) is 10.8 Å². The molecular weight excluding hydrogens is 380 g/mol. The summed E-state index contributed by atoms with van der Waals surface area (Å²) in [4.78, 5) is 17.6. The molecule has 1 aliphatic heterocycles. The van der Waals surface area contributed by atoms with Gasteiger partial charge in [-0.25, -0.2) is 8.42 Å². The Morgan fingerprint density at radius 3 is 2.79 bits per heavy atom. The van der Waals surface area contributed by atoms with Crippen LogP contribution in [0.5, 0.6) is 0 Å². The molecule has 1 fully saturated rings. The van der Waals surface area contributed by atoms with Crippen LogP contribution < -0.4 is 0 Å². The third kappa shape index (κ3) is 3.56. The number of hydrogen-bond donors (Lipinski definition) is 0. The first-order valence-corrected chi connectivity index (χ1v) is 10.9. The standard InChI is InChI=1S/C19H24N4O4S/c1-13(24)22(2)9-8-18-20-19(27-21-18)16-11-23(12-16)28(25,26)17-7-6-14-4-3-5-15(14)10-17/h6-7,10,16H,3-5,8-9,11-12H2,1-2H3. The molecule has 0 N–H and O–H groups in total. The second-order valence-electron chi connectivity index (χ2n) is 7.54. The van der Waals surface area contributed by atoms with Crippen molar-refractivity contribution in [3.8, 4) is 0 Å². The summed E-state index contributed by atoms with van der Waals surface area (Å²) < 4.78 is 32.5. The largest absolute Gasteiger partial charge is 0.346 e. The van der Waals surface area contributed by atoms with Gasteiger partial charge < -0.3 is 9.42 Å². The lowest BCUT2D eigenvalue weighted by Crippen LogP contribution is -2.48. The summed E-state index contributed by atoms with van der Waals surface area (Å²) in [6, 6.07) is 5.47. The maximum atomic E-state index is 12.9. The highest BCUT2D eigenvalue weighted by Crippen LogP contribution is 2.33. The maximum Gasteiger partial charge on any atom is 0.243 e. The second-order valence-corrected chi connectivity index (χ2v) is 9.48. The van der Waals surface area contributed by atoms with Crippen LogP contribution in [-0.2, 0) is 34.1 Å². The van der Waals surface area contributed by atoms with Crippen molar-refractivity contribution in [1.82, 2.24) is 19.3 Å². The first-order valence-electron chi connectivity index (χ1n) is 9.51. The molecule has 1 aromatic heterocycles. The van der Waals surface area contributed by atoms with Crippen LogP contribution >= 0.6 is 0 Å². The number of fused-ring (bicyclic) bond motifs is 1. The zero-order valence-electron chi connectivity index (χ0n) is 16.1. The lowest BCUT2D eigenvalue weighted by molar-refractivity contribution is -0.127. The van der Waals surface area contributed by atoms with Gasteiger partial charge in [-0.05, 0) is 42.5 Å². The van der Waals surface area contributed by atoms with Gasteiger partial charge in [-0.1, -0.05) is 11.2 Å². The molecule has 0 atom stereocenters. The number of rotatable bonds is 6. The van der Waals surface area contributed by atoms with Gasteiger partial charge in [-0.3, -0.25) is 4.79 Å². The number of hydrogen-bond acceptors (Lipinski definition) is 6. The molecule has 28 heavy (non-hydrogen) atoms. The molecular formula is C19H24N4O4S. The molecule has 1 aromatic carbocycles. The first kappa shape index (κ1) is 19.1. The minimum Gasteiger partial charge on any atom is -0.346 e. The third-order valence-corrected chi connectivity index (χ3v) is 7.42. The number of sulfonamides is 1. The fraction of sp³-hybridized carbons (Fsp3) is 0.526. The molecule has 8 nitrogen and oxygen atoms in total. The lowest BCUT2D eigenvalue weighted by Gasteiger charge is -2.35. The van der Waals surface area contributed by atoms with E-state index in [-0.39, 0.29) is 11.8 Å². The molecule has 1 aliphatic carbocycles. The van der Waals surface area contributed by atoms with Crippen molar-refractivity contribution in [1.29, 1.82) is 0 Å². The Balaban J connectivity index is 1.37. The number of aromatic nitrogens is 2. The number of likely N-dealkylation sites (N-methyl/N-ethyl adjacent to an activating group) is 1. The van der Waals surface area contributed by atoms with Crippen LogP contribution in [0.4, 0.5) is 0 Å². The number of aryl methyl sites for hydroxylation is 2. The smallest absolute Gasteiger partial charge is 0.243 e. The molecule has 4 rings (SSSR count). The van der Waals surface area contributed by atoms with E-state index in [9.17, 15) is 13.2 Å². The summed E-state index contributed by atoms with van der Waals surface area (Å²) in [6.07, 6.45) is 3.57. The van der Waals surface area contributed by atoms with E-state index >= 15 is 0 Å². The van der Waals surface area contributed by atoms with Crippen molar-refractivity contribution in [2.75, 3.05) is 26.7 Å². The molecule has 1 amide bonds. The summed E-state index contributed by atoms with van der Waals surface area (Å²) in [5.74, 6) is 0.884. The Bertz CT molecular complexity index is 995. The van der Waals surface area contributed by atoms with Crippen molar-refractivity contribution < 1.29 is 17.7 Å². The number of nitrogens with zero attached hydrogens (tertiary/aromatic N) is 4. The van der Waals surface area contributed by atoms with E-state index in [1.54, 1.807) is 18.0 Å². The van der Waals surface area contributed by atoms with E-state index in [1.165, 1.54) is 16.8 Å². The summed E-state index contributed by atoms with van der Waals surface area (Å²) in [7, 11) is -1.77. The summed E-state index contributed by atoms with van der Waals surface area (Å²) >= 11 is 0. The average molecular weight is 404 g/mol. The highest BCUT2D eigenvalue weighted by Gasteiger charge is 2.40. The van der Waals surface area contributed by atoms with Crippen LogP contribution in [0.3, 0.4) is 0 Å². The molecule has 9 heteroatoms. The summed E-state index contributed by atoms with van der Waals surface area (Å²) in [5, 5.41) is 3.94. The Morgan fingerprint density at radius 1 is 1.29 bits per heavy atom. The van der Waals surface area contributed by atoms with Crippen LogP contribution in [0.25, 0.3) is 0 Å². The predicted molar refractivity (Wildman–Crippen MR) is 101 cm³/mol. The number of carbonyl (C=O) groups excluding carboxylic acids is 1. The quantitative estimate of drug-likeness (QED) is 0.721. The minimum absolute atomic E-state index is 0.0184. The van der Waals surface area contributed by atoms with Gasteiger partial charge in [0.15, 0.2) is 5.82 Å². The van der Waals surface area contributed by atoms with Gasteiger partial charge in [0.2, 0.25) is 21.8 Å². The molecule has 0 spiro atoms. The summed E-state index contributed by atoms with van der Waals surface area (Å²) in [6.45, 7) is 2.70. The molecule has 2 aliphatic rings. The van der Waals surface area contributed by atoms with Gasteiger partial charge in [0.25, 0.3) is 0 Å². The maximum absolute atomic E-state index is 12.9. The second kappa shape index (κ2) is 7.29. The van der Waals surface area contributed by atoms with Crippen LogP contribution in [-0.4, -0.2) is 60.4 Å². The van der Waals surface area contributed by atoms with Gasteiger partial charge in [0.1, 0.15) is 0 Å². The van der Waals surface area contributed by atoms with Crippen molar-refractivity contribution in [2.24, 2.45) is 0 Å². The van der Waals surface area contributed by atoms with Gasteiger partial charge >= 0.3 is 0 Å². The van der Waals surface area contributed by atoms with E-state index in [1.807, 2.05) is 12.1 Å². The fourth-order valence-electron chi connectivity index (χ4n) is 3.61. The topological polar surface area (TPSA) is 96.6 Å². The van der Waals surface area contributed by atoms with Crippen molar-refractivity contribution in [3.63, 3.8) is 0 Å².